The summed E-state index contributed by atoms with van der Waals surface area (Å²) in [5, 5.41) is 0. The van der Waals surface area contributed by atoms with E-state index in [1.807, 2.05) is 0 Å². The fourth-order valence-electron chi connectivity index (χ4n) is 0.832. The summed E-state index contributed by atoms with van der Waals surface area (Å²) in [4.78, 5) is 2.91. The first-order valence-electron chi connectivity index (χ1n) is 3.09. The molecule has 1 aromatic rings. The van der Waals surface area contributed by atoms with Crippen LogP contribution in [0.3, 0.4) is 0 Å². The van der Waals surface area contributed by atoms with E-state index in [9.17, 15) is 8.78 Å². The van der Waals surface area contributed by atoms with Crippen molar-refractivity contribution in [3.8, 4) is 5.75 Å². The number of ether oxygens (including phenoxy) is 1. The predicted molar refractivity (Wildman–Crippen MR) is 39.2 cm³/mol. The molecule has 2 nitrogen and oxygen atoms in total. The Kier molecular flexibility index (Phi) is 2.24. The fourth-order valence-corrected chi connectivity index (χ4v) is 0.832. The Labute approximate surface area is 68.2 Å². The lowest BCUT2D eigenvalue weighted by molar-refractivity contribution is 0.387. The van der Waals surface area contributed by atoms with Gasteiger partial charge in [0.05, 0.1) is 13.7 Å². The monoisotopic (exact) mass is 169 g/mol. The summed E-state index contributed by atoms with van der Waals surface area (Å²) in [5.41, 5.74) is -0.157. The molecule has 0 aliphatic rings. The Hall–Kier alpha value is -1.63. The van der Waals surface area contributed by atoms with Gasteiger partial charge in [0.2, 0.25) is 5.69 Å². The van der Waals surface area contributed by atoms with Gasteiger partial charge in [0.15, 0.2) is 11.6 Å². The molecule has 0 saturated heterocycles. The van der Waals surface area contributed by atoms with Crippen LogP contribution in [0.25, 0.3) is 4.85 Å². The third-order valence-corrected chi connectivity index (χ3v) is 1.31. The van der Waals surface area contributed by atoms with Crippen molar-refractivity contribution in [1.29, 1.82) is 0 Å². The number of hydrogen-bond acceptors (Lipinski definition) is 1. The topological polar surface area (TPSA) is 13.6 Å². The van der Waals surface area contributed by atoms with Gasteiger partial charge in [0, 0.05) is 6.07 Å². The zero-order valence-corrected chi connectivity index (χ0v) is 6.27. The Balaban J connectivity index is 3.36. The Morgan fingerprint density at radius 1 is 1.42 bits per heavy atom. The molecule has 0 unspecified atom stereocenters. The van der Waals surface area contributed by atoms with E-state index in [0.717, 1.165) is 6.07 Å². The number of hydrogen-bond donors (Lipinski definition) is 0. The molecule has 0 aliphatic heterocycles. The van der Waals surface area contributed by atoms with Crippen molar-refractivity contribution >= 4 is 5.69 Å². The lowest BCUT2D eigenvalue weighted by atomic mass is 10.3. The minimum atomic E-state index is -0.858. The molecule has 0 aromatic heterocycles. The Morgan fingerprint density at radius 3 is 2.58 bits per heavy atom. The maximum atomic E-state index is 12.8. The Bertz CT molecular complexity index is 344. The van der Waals surface area contributed by atoms with Crippen molar-refractivity contribution in [2.24, 2.45) is 0 Å². The van der Waals surface area contributed by atoms with E-state index >= 15 is 0 Å². The van der Waals surface area contributed by atoms with Crippen LogP contribution >= 0.6 is 0 Å². The summed E-state index contributed by atoms with van der Waals surface area (Å²) in [6.07, 6.45) is 0. The van der Waals surface area contributed by atoms with Crippen LogP contribution in [-0.2, 0) is 0 Å². The van der Waals surface area contributed by atoms with Gasteiger partial charge in [0.25, 0.3) is 0 Å². The van der Waals surface area contributed by atoms with Gasteiger partial charge in [-0.05, 0) is 6.07 Å². The first-order chi connectivity index (χ1) is 5.69. The number of rotatable bonds is 1. The normalized spacial score (nSPS) is 9.17. The Morgan fingerprint density at radius 2 is 2.08 bits per heavy atom. The van der Waals surface area contributed by atoms with E-state index in [2.05, 4.69) is 9.58 Å². The smallest absolute Gasteiger partial charge is 0.234 e. The fraction of sp³-hybridized carbons (Fsp3) is 0.125. The highest BCUT2D eigenvalue weighted by Crippen LogP contribution is 2.30. The molecule has 0 heterocycles. The molecule has 0 fully saturated rings. The molecule has 0 N–H and O–H groups in total. The zero-order valence-electron chi connectivity index (χ0n) is 6.27. The molecule has 62 valence electrons. The highest BCUT2D eigenvalue weighted by molar-refractivity contribution is 5.58. The van der Waals surface area contributed by atoms with E-state index in [0.29, 0.717) is 6.07 Å². The average Bonchev–Trinajstić information content (AvgIpc) is 2.03. The van der Waals surface area contributed by atoms with Crippen molar-refractivity contribution < 1.29 is 13.5 Å². The lowest BCUT2D eigenvalue weighted by Crippen LogP contribution is -1.89. The standard InChI is InChI=1S/C8H5F2NO/c1-11-7-4-5(9)3-6(10)8(7)12-2/h3-4H,2H3. The third kappa shape index (κ3) is 1.35. The summed E-state index contributed by atoms with van der Waals surface area (Å²) in [6.45, 7) is 6.59. The van der Waals surface area contributed by atoms with E-state index in [-0.39, 0.29) is 11.4 Å². The minimum absolute atomic E-state index is 0.157. The summed E-state index contributed by atoms with van der Waals surface area (Å²) in [5.74, 6) is -1.85. The maximum absolute atomic E-state index is 12.8. The number of nitrogens with zero attached hydrogens (tertiary/aromatic N) is 1. The quantitative estimate of drug-likeness (QED) is 0.589. The molecule has 0 radical (unpaired) electrons. The molecule has 0 spiro atoms. The SMILES string of the molecule is [C-]#[N+]c1cc(F)cc(F)c1OC. The largest absolute Gasteiger partial charge is 0.505 e. The second kappa shape index (κ2) is 3.18. The van der Waals surface area contributed by atoms with E-state index in [4.69, 9.17) is 6.57 Å². The van der Waals surface area contributed by atoms with E-state index in [1.165, 1.54) is 7.11 Å². The number of benzene rings is 1. The third-order valence-electron chi connectivity index (χ3n) is 1.31. The van der Waals surface area contributed by atoms with Crippen LogP contribution in [-0.4, -0.2) is 7.11 Å². The van der Waals surface area contributed by atoms with Crippen LogP contribution in [0, 0.1) is 18.2 Å². The molecule has 12 heavy (non-hydrogen) atoms. The van der Waals surface area contributed by atoms with Crippen LogP contribution in [0.5, 0.6) is 5.75 Å². The second-order valence-electron chi connectivity index (χ2n) is 2.05. The zero-order chi connectivity index (χ0) is 9.14. The molecule has 0 amide bonds. The van der Waals surface area contributed by atoms with Crippen LogP contribution in [0.1, 0.15) is 0 Å². The van der Waals surface area contributed by atoms with E-state index in [1.54, 1.807) is 0 Å². The summed E-state index contributed by atoms with van der Waals surface area (Å²) < 4.78 is 29.8. The van der Waals surface area contributed by atoms with Crippen molar-refractivity contribution in [2.45, 2.75) is 0 Å². The van der Waals surface area contributed by atoms with Crippen LogP contribution in [0.15, 0.2) is 12.1 Å². The minimum Gasteiger partial charge on any atom is -0.505 e. The van der Waals surface area contributed by atoms with Crippen molar-refractivity contribution in [3.05, 3.63) is 35.2 Å². The molecule has 1 rings (SSSR count). The van der Waals surface area contributed by atoms with Gasteiger partial charge in [-0.15, -0.1) is 0 Å². The van der Waals surface area contributed by atoms with Gasteiger partial charge in [-0.25, -0.2) is 13.6 Å². The molecular formula is C8H5F2NO. The van der Waals surface area contributed by atoms with Crippen LogP contribution < -0.4 is 4.74 Å². The van der Waals surface area contributed by atoms with Crippen LogP contribution in [0.2, 0.25) is 0 Å². The van der Waals surface area contributed by atoms with Gasteiger partial charge in [0.1, 0.15) is 5.82 Å². The summed E-state index contributed by atoms with van der Waals surface area (Å²) in [7, 11) is 1.23. The highest BCUT2D eigenvalue weighted by atomic mass is 19.1. The van der Waals surface area contributed by atoms with Gasteiger partial charge in [-0.2, -0.15) is 0 Å². The first kappa shape index (κ1) is 8.47. The van der Waals surface area contributed by atoms with Crippen molar-refractivity contribution in [2.75, 3.05) is 7.11 Å². The number of halogens is 2. The molecule has 0 aliphatic carbocycles. The van der Waals surface area contributed by atoms with Crippen LogP contribution in [0.4, 0.5) is 14.5 Å². The van der Waals surface area contributed by atoms with Crippen molar-refractivity contribution in [1.82, 2.24) is 0 Å². The second-order valence-corrected chi connectivity index (χ2v) is 2.05. The molecular weight excluding hydrogens is 164 g/mol. The van der Waals surface area contributed by atoms with E-state index < -0.39 is 11.6 Å². The summed E-state index contributed by atoms with van der Waals surface area (Å²) in [6, 6.07) is 1.60. The molecule has 1 aromatic carbocycles. The van der Waals surface area contributed by atoms with Gasteiger partial charge in [-0.1, -0.05) is 0 Å². The number of methoxy groups -OCH3 is 1. The van der Waals surface area contributed by atoms with Gasteiger partial charge < -0.3 is 4.74 Å². The first-order valence-corrected chi connectivity index (χ1v) is 3.09. The average molecular weight is 169 g/mol. The van der Waals surface area contributed by atoms with Gasteiger partial charge >= 0.3 is 0 Å². The van der Waals surface area contributed by atoms with Gasteiger partial charge in [-0.3, -0.25) is 0 Å². The summed E-state index contributed by atoms with van der Waals surface area (Å²) >= 11 is 0. The maximum Gasteiger partial charge on any atom is 0.234 e. The molecule has 0 bridgehead atoms. The highest BCUT2D eigenvalue weighted by Gasteiger charge is 2.10. The van der Waals surface area contributed by atoms with Crippen molar-refractivity contribution in [3.63, 3.8) is 0 Å². The molecule has 0 atom stereocenters. The predicted octanol–water partition coefficient (Wildman–Crippen LogP) is 2.52. The molecule has 4 heteroatoms. The lowest BCUT2D eigenvalue weighted by Gasteiger charge is -2.03. The molecule has 0 saturated carbocycles.